The molecule has 2 unspecified atom stereocenters. The first-order valence-electron chi connectivity index (χ1n) is 16.7. The van der Waals surface area contributed by atoms with Crippen molar-refractivity contribution in [1.29, 1.82) is 0 Å². The number of benzene rings is 2. The zero-order valence-corrected chi connectivity index (χ0v) is 27.9. The number of nitrogens with one attached hydrogen (secondary N) is 2. The zero-order valence-electron chi connectivity index (χ0n) is 27.9. The van der Waals surface area contributed by atoms with Crippen molar-refractivity contribution in [3.8, 4) is 11.1 Å². The van der Waals surface area contributed by atoms with Crippen LogP contribution in [0.3, 0.4) is 0 Å². The highest BCUT2D eigenvalue weighted by molar-refractivity contribution is 5.89. The molecule has 0 bridgehead atoms. The summed E-state index contributed by atoms with van der Waals surface area (Å²) in [5, 5.41) is 5.82. The summed E-state index contributed by atoms with van der Waals surface area (Å²) in [6.45, 7) is 7.60. The summed E-state index contributed by atoms with van der Waals surface area (Å²) in [6.07, 6.45) is 9.67. The van der Waals surface area contributed by atoms with Gasteiger partial charge in [0.2, 0.25) is 17.7 Å². The van der Waals surface area contributed by atoms with Gasteiger partial charge in [-0.3, -0.25) is 14.4 Å². The molecule has 45 heavy (non-hydrogen) atoms. The molecular weight excluding hydrogens is 564 g/mol. The zero-order chi connectivity index (χ0) is 32.7. The lowest BCUT2D eigenvalue weighted by Gasteiger charge is -2.37. The molecule has 246 valence electrons. The van der Waals surface area contributed by atoms with Crippen LogP contribution in [0.15, 0.2) is 54.6 Å². The molecule has 1 aliphatic rings. The largest absolute Gasteiger partial charge is 0.343 e. The summed E-state index contributed by atoms with van der Waals surface area (Å²) in [7, 11) is 1.71. The third kappa shape index (κ3) is 11.4. The number of hydrogen-bond donors (Lipinski definition) is 2. The van der Waals surface area contributed by atoms with Crippen LogP contribution in [0.5, 0.6) is 0 Å². The van der Waals surface area contributed by atoms with Crippen molar-refractivity contribution in [1.82, 2.24) is 20.4 Å². The average Bonchev–Trinajstić information content (AvgIpc) is 3.49. The van der Waals surface area contributed by atoms with Gasteiger partial charge in [0.05, 0.1) is 6.54 Å². The highest BCUT2D eigenvalue weighted by Gasteiger charge is 2.40. The van der Waals surface area contributed by atoms with Crippen LogP contribution < -0.4 is 10.6 Å². The van der Waals surface area contributed by atoms with E-state index in [0.717, 1.165) is 74.3 Å². The number of amides is 3. The number of carbonyl (C=O) groups excluding carboxylic acids is 4. The van der Waals surface area contributed by atoms with Gasteiger partial charge < -0.3 is 25.2 Å². The molecule has 1 heterocycles. The minimum Gasteiger partial charge on any atom is -0.343 e. The maximum atomic E-state index is 14.0. The Morgan fingerprint density at radius 1 is 0.956 bits per heavy atom. The molecule has 3 rings (SSSR count). The fourth-order valence-corrected chi connectivity index (χ4v) is 6.14. The van der Waals surface area contributed by atoms with E-state index in [0.29, 0.717) is 32.5 Å². The van der Waals surface area contributed by atoms with Crippen molar-refractivity contribution in [3.63, 3.8) is 0 Å². The topological polar surface area (TPSA) is 98.8 Å². The van der Waals surface area contributed by atoms with Crippen molar-refractivity contribution in [2.75, 3.05) is 26.7 Å². The Bertz CT molecular complexity index is 1230. The summed E-state index contributed by atoms with van der Waals surface area (Å²) in [5.41, 5.74) is 2.82. The maximum Gasteiger partial charge on any atom is 0.246 e. The average molecular weight is 619 g/mol. The van der Waals surface area contributed by atoms with Gasteiger partial charge in [0.25, 0.3) is 0 Å². The van der Waals surface area contributed by atoms with Gasteiger partial charge >= 0.3 is 0 Å². The van der Waals surface area contributed by atoms with Crippen molar-refractivity contribution in [3.05, 3.63) is 60.2 Å². The van der Waals surface area contributed by atoms with Gasteiger partial charge in [-0.1, -0.05) is 101 Å². The van der Waals surface area contributed by atoms with Crippen LogP contribution in [-0.2, 0) is 25.7 Å². The summed E-state index contributed by atoms with van der Waals surface area (Å²) in [4.78, 5) is 54.8. The summed E-state index contributed by atoms with van der Waals surface area (Å²) >= 11 is 0. The van der Waals surface area contributed by atoms with E-state index in [1.165, 1.54) is 0 Å². The SMILES string of the molecule is CNCC(=O)NC(C(=O)N1CCCC1CN(Cc1ccccc1-c1ccccc1)C(=O)CCCCCCCCC=O)C(C)(C)C. The van der Waals surface area contributed by atoms with E-state index in [4.69, 9.17) is 0 Å². The van der Waals surface area contributed by atoms with Crippen molar-refractivity contribution in [2.45, 2.75) is 104 Å². The Labute approximate surface area is 270 Å². The van der Waals surface area contributed by atoms with Crippen LogP contribution in [0.4, 0.5) is 0 Å². The number of carbonyl (C=O) groups is 4. The third-order valence-corrected chi connectivity index (χ3v) is 8.63. The number of hydrogen-bond acceptors (Lipinski definition) is 5. The van der Waals surface area contributed by atoms with E-state index in [9.17, 15) is 19.2 Å². The molecule has 1 aliphatic heterocycles. The van der Waals surface area contributed by atoms with Gasteiger partial charge in [-0.15, -0.1) is 0 Å². The molecule has 0 radical (unpaired) electrons. The summed E-state index contributed by atoms with van der Waals surface area (Å²) in [6, 6.07) is 17.7. The summed E-state index contributed by atoms with van der Waals surface area (Å²) in [5.74, 6) is -0.187. The monoisotopic (exact) mass is 618 g/mol. The summed E-state index contributed by atoms with van der Waals surface area (Å²) < 4.78 is 0. The second kappa shape index (κ2) is 18.4. The van der Waals surface area contributed by atoms with Crippen molar-refractivity contribution in [2.24, 2.45) is 5.41 Å². The quantitative estimate of drug-likeness (QED) is 0.164. The molecule has 8 heteroatoms. The fourth-order valence-electron chi connectivity index (χ4n) is 6.14. The molecule has 2 atom stereocenters. The Morgan fingerprint density at radius 2 is 1.62 bits per heavy atom. The first-order valence-corrected chi connectivity index (χ1v) is 16.7. The lowest BCUT2D eigenvalue weighted by atomic mass is 9.85. The number of likely N-dealkylation sites (N-methyl/N-ethyl adjacent to an activating group) is 1. The van der Waals surface area contributed by atoms with Crippen LogP contribution >= 0.6 is 0 Å². The molecule has 1 saturated heterocycles. The van der Waals surface area contributed by atoms with Crippen LogP contribution in [-0.4, -0.2) is 72.6 Å². The molecular formula is C37H54N4O4. The van der Waals surface area contributed by atoms with E-state index in [2.05, 4.69) is 34.9 Å². The second-order valence-electron chi connectivity index (χ2n) is 13.3. The van der Waals surface area contributed by atoms with Crippen LogP contribution in [0.25, 0.3) is 11.1 Å². The molecule has 2 aromatic carbocycles. The number of aldehydes is 1. The second-order valence-corrected chi connectivity index (χ2v) is 13.3. The number of nitrogens with zero attached hydrogens (tertiary/aromatic N) is 2. The van der Waals surface area contributed by atoms with Crippen LogP contribution in [0.1, 0.15) is 90.5 Å². The highest BCUT2D eigenvalue weighted by atomic mass is 16.2. The fraction of sp³-hybridized carbons (Fsp3) is 0.568. The lowest BCUT2D eigenvalue weighted by Crippen LogP contribution is -2.57. The van der Waals surface area contributed by atoms with E-state index < -0.39 is 11.5 Å². The molecule has 0 aliphatic carbocycles. The van der Waals surface area contributed by atoms with E-state index in [-0.39, 0.29) is 30.3 Å². The number of rotatable bonds is 18. The Balaban J connectivity index is 1.78. The van der Waals surface area contributed by atoms with Crippen LogP contribution in [0, 0.1) is 5.41 Å². The number of likely N-dealkylation sites (tertiary alicyclic amines) is 1. The predicted molar refractivity (Wildman–Crippen MR) is 180 cm³/mol. The van der Waals surface area contributed by atoms with E-state index >= 15 is 0 Å². The molecule has 3 amide bonds. The van der Waals surface area contributed by atoms with Crippen molar-refractivity contribution < 1.29 is 19.2 Å². The molecule has 2 N–H and O–H groups in total. The van der Waals surface area contributed by atoms with Gasteiger partial charge in [-0.2, -0.15) is 0 Å². The molecule has 1 fully saturated rings. The van der Waals surface area contributed by atoms with Gasteiger partial charge in [0.15, 0.2) is 0 Å². The van der Waals surface area contributed by atoms with Crippen molar-refractivity contribution >= 4 is 24.0 Å². The van der Waals surface area contributed by atoms with E-state index in [1.54, 1.807) is 7.05 Å². The lowest BCUT2D eigenvalue weighted by molar-refractivity contribution is -0.142. The standard InChI is InChI=1S/C37H54N4O4/c1-37(2,3)35(39-33(43)26-38-4)36(45)41-24-17-21-31(41)28-40(34(44)23-13-8-6-5-7-9-16-25-42)27-30-20-14-15-22-32(30)29-18-11-10-12-19-29/h10-12,14-15,18-20,22,25,31,35,38H,5-9,13,16-17,21,23-24,26-28H2,1-4H3,(H,39,43). The maximum absolute atomic E-state index is 14.0. The van der Waals surface area contributed by atoms with Gasteiger partial charge in [-0.25, -0.2) is 0 Å². The van der Waals surface area contributed by atoms with Gasteiger partial charge in [0.1, 0.15) is 12.3 Å². The molecule has 0 aromatic heterocycles. The molecule has 0 saturated carbocycles. The van der Waals surface area contributed by atoms with Gasteiger partial charge in [0, 0.05) is 38.5 Å². The minimum absolute atomic E-state index is 0.0823. The number of unbranched alkanes of at least 4 members (excludes halogenated alkanes) is 6. The normalized spacial score (nSPS) is 15.5. The first-order chi connectivity index (χ1) is 21.7. The third-order valence-electron chi connectivity index (χ3n) is 8.63. The Kier molecular flexibility index (Phi) is 14.7. The Hall–Kier alpha value is -3.52. The molecule has 0 spiro atoms. The van der Waals surface area contributed by atoms with Gasteiger partial charge in [-0.05, 0) is 54.8 Å². The minimum atomic E-state index is -0.659. The smallest absolute Gasteiger partial charge is 0.246 e. The molecule has 2 aromatic rings. The van der Waals surface area contributed by atoms with E-state index in [1.807, 2.05) is 60.9 Å². The first kappa shape index (κ1) is 36.0. The Morgan fingerprint density at radius 3 is 2.31 bits per heavy atom. The van der Waals surface area contributed by atoms with Crippen LogP contribution in [0.2, 0.25) is 0 Å². The highest BCUT2D eigenvalue weighted by Crippen LogP contribution is 2.29. The molecule has 8 nitrogen and oxygen atoms in total. The predicted octanol–water partition coefficient (Wildman–Crippen LogP) is 5.74.